The lowest BCUT2D eigenvalue weighted by atomic mass is 9.96. The van der Waals surface area contributed by atoms with Crippen LogP contribution in [0.3, 0.4) is 0 Å². The topological polar surface area (TPSA) is 108 Å². The number of alkyl halides is 3. The molecule has 208 valence electrons. The number of ether oxygens (including phenoxy) is 1. The first-order valence-corrected chi connectivity index (χ1v) is 12.6. The fraction of sp³-hybridized carbons (Fsp3) is 0.520. The average Bonchev–Trinajstić information content (AvgIpc) is 2.90. The van der Waals surface area contributed by atoms with Crippen molar-refractivity contribution < 1.29 is 32.6 Å². The van der Waals surface area contributed by atoms with E-state index in [9.17, 15) is 18.0 Å². The SMILES string of the molecule is CC(=O)NC[C@H]1CN(C2CCN(c3ncccn3)CC2)[C@@H](Cc2ccc(Cl)cc2)CO1.O=C(O)C(F)(F)F. The standard InChI is InChI=1S/C23H30ClN5O2.C2HF3O2/c1-17(30)27-14-22-15-29(21(16-31-22)13-18-3-5-19(24)6-4-18)20-7-11-28(12-8-20)23-25-9-2-10-26-23;3-2(4,5)1(6)7/h2-6,9-10,20-22H,7-8,11-16H2,1H3,(H,27,30);(H,6,7)/t21-,22-;/m0./s1. The second kappa shape index (κ2) is 13.7. The number of hydrogen-bond donors (Lipinski definition) is 2. The van der Waals surface area contributed by atoms with Crippen molar-refractivity contribution in [2.24, 2.45) is 0 Å². The molecule has 0 bridgehead atoms. The lowest BCUT2D eigenvalue weighted by molar-refractivity contribution is -0.192. The molecule has 0 radical (unpaired) electrons. The maximum Gasteiger partial charge on any atom is 0.490 e. The fourth-order valence-corrected chi connectivity index (χ4v) is 4.65. The van der Waals surface area contributed by atoms with E-state index < -0.39 is 12.1 Å². The number of amides is 1. The van der Waals surface area contributed by atoms with E-state index in [0.29, 0.717) is 25.2 Å². The van der Waals surface area contributed by atoms with E-state index in [1.54, 1.807) is 19.3 Å². The molecule has 13 heteroatoms. The van der Waals surface area contributed by atoms with E-state index in [4.69, 9.17) is 26.2 Å². The minimum atomic E-state index is -5.08. The Bertz CT molecular complexity index is 1040. The zero-order valence-corrected chi connectivity index (χ0v) is 21.7. The van der Waals surface area contributed by atoms with Gasteiger partial charge in [-0.15, -0.1) is 0 Å². The lowest BCUT2D eigenvalue weighted by Gasteiger charge is -2.46. The maximum atomic E-state index is 11.4. The van der Waals surface area contributed by atoms with Gasteiger partial charge >= 0.3 is 12.1 Å². The Labute approximate surface area is 223 Å². The van der Waals surface area contributed by atoms with Crippen molar-refractivity contribution in [1.29, 1.82) is 0 Å². The summed E-state index contributed by atoms with van der Waals surface area (Å²) in [7, 11) is 0. The molecule has 0 unspecified atom stereocenters. The van der Waals surface area contributed by atoms with E-state index in [2.05, 4.69) is 37.2 Å². The number of carbonyl (C=O) groups is 2. The molecule has 1 amide bonds. The second-order valence-corrected chi connectivity index (χ2v) is 9.58. The van der Waals surface area contributed by atoms with Crippen molar-refractivity contribution in [3.63, 3.8) is 0 Å². The van der Waals surface area contributed by atoms with Crippen molar-refractivity contribution in [2.45, 2.75) is 50.6 Å². The van der Waals surface area contributed by atoms with Crippen LogP contribution in [-0.2, 0) is 20.7 Å². The third-order valence-corrected chi connectivity index (χ3v) is 6.63. The number of anilines is 1. The van der Waals surface area contributed by atoms with Crippen LogP contribution in [0.15, 0.2) is 42.7 Å². The molecule has 9 nitrogen and oxygen atoms in total. The number of rotatable bonds is 6. The van der Waals surface area contributed by atoms with Gasteiger partial charge in [-0.3, -0.25) is 9.69 Å². The molecule has 1 aromatic heterocycles. The summed E-state index contributed by atoms with van der Waals surface area (Å²) >= 11 is 6.06. The molecule has 2 saturated heterocycles. The number of morpholine rings is 1. The zero-order valence-electron chi connectivity index (χ0n) is 20.9. The Balaban J connectivity index is 0.000000505. The molecule has 2 aromatic rings. The fourth-order valence-electron chi connectivity index (χ4n) is 4.53. The number of carboxylic acid groups (broad SMARTS) is 1. The highest BCUT2D eigenvalue weighted by Gasteiger charge is 2.38. The van der Waals surface area contributed by atoms with Gasteiger partial charge in [-0.1, -0.05) is 23.7 Å². The van der Waals surface area contributed by atoms with Crippen LogP contribution in [0.5, 0.6) is 0 Å². The number of nitrogens with zero attached hydrogens (tertiary/aromatic N) is 4. The van der Waals surface area contributed by atoms with Crippen molar-refractivity contribution in [1.82, 2.24) is 20.2 Å². The number of carboxylic acids is 1. The van der Waals surface area contributed by atoms with Gasteiger partial charge in [-0.25, -0.2) is 14.8 Å². The van der Waals surface area contributed by atoms with Gasteiger partial charge in [-0.05, 0) is 43.0 Å². The smallest absolute Gasteiger partial charge is 0.475 e. The Morgan fingerprint density at radius 1 is 1.16 bits per heavy atom. The van der Waals surface area contributed by atoms with Gasteiger partial charge in [0, 0.05) is 62.6 Å². The summed E-state index contributed by atoms with van der Waals surface area (Å²) < 4.78 is 37.9. The molecule has 2 aliphatic heterocycles. The summed E-state index contributed by atoms with van der Waals surface area (Å²) in [6, 6.07) is 10.7. The van der Waals surface area contributed by atoms with E-state index in [-0.39, 0.29) is 12.0 Å². The van der Waals surface area contributed by atoms with Crippen LogP contribution >= 0.6 is 11.6 Å². The quantitative estimate of drug-likeness (QED) is 0.558. The monoisotopic (exact) mass is 557 g/mol. The average molecular weight is 558 g/mol. The van der Waals surface area contributed by atoms with Crippen LogP contribution in [0.1, 0.15) is 25.3 Å². The predicted octanol–water partition coefficient (Wildman–Crippen LogP) is 3.18. The van der Waals surface area contributed by atoms with Gasteiger partial charge in [0.25, 0.3) is 0 Å². The summed E-state index contributed by atoms with van der Waals surface area (Å²) in [6.07, 6.45) is 1.56. The molecule has 2 fully saturated rings. The summed E-state index contributed by atoms with van der Waals surface area (Å²) in [5.41, 5.74) is 1.26. The van der Waals surface area contributed by atoms with E-state index in [1.165, 1.54) is 5.56 Å². The van der Waals surface area contributed by atoms with Gasteiger partial charge in [0.1, 0.15) is 0 Å². The number of carbonyl (C=O) groups excluding carboxylic acids is 1. The number of aliphatic carboxylic acids is 1. The zero-order chi connectivity index (χ0) is 27.7. The highest BCUT2D eigenvalue weighted by atomic mass is 35.5. The molecule has 0 saturated carbocycles. The number of benzene rings is 1. The largest absolute Gasteiger partial charge is 0.490 e. The normalized spacial score (nSPS) is 20.8. The van der Waals surface area contributed by atoms with Crippen LogP contribution in [0, 0.1) is 0 Å². The van der Waals surface area contributed by atoms with E-state index >= 15 is 0 Å². The number of piperidine rings is 1. The molecule has 2 N–H and O–H groups in total. The minimum absolute atomic E-state index is 0.0147. The third-order valence-electron chi connectivity index (χ3n) is 6.38. The summed E-state index contributed by atoms with van der Waals surface area (Å²) in [4.78, 5) is 33.9. The molecule has 0 spiro atoms. The highest BCUT2D eigenvalue weighted by molar-refractivity contribution is 6.30. The third kappa shape index (κ3) is 9.10. The summed E-state index contributed by atoms with van der Waals surface area (Å²) in [6.45, 7) is 5.47. The number of halogens is 4. The molecule has 38 heavy (non-hydrogen) atoms. The van der Waals surface area contributed by atoms with Gasteiger partial charge in [0.2, 0.25) is 11.9 Å². The highest BCUT2D eigenvalue weighted by Crippen LogP contribution is 2.26. The second-order valence-electron chi connectivity index (χ2n) is 9.14. The Morgan fingerprint density at radius 2 is 1.76 bits per heavy atom. The van der Waals surface area contributed by atoms with Crippen LogP contribution < -0.4 is 10.2 Å². The van der Waals surface area contributed by atoms with Crippen LogP contribution in [0.2, 0.25) is 5.02 Å². The number of nitrogens with one attached hydrogen (secondary N) is 1. The van der Waals surface area contributed by atoms with Gasteiger partial charge in [0.05, 0.1) is 12.7 Å². The molecule has 0 aliphatic carbocycles. The minimum Gasteiger partial charge on any atom is -0.475 e. The summed E-state index contributed by atoms with van der Waals surface area (Å²) in [5.74, 6) is -1.97. The number of hydrogen-bond acceptors (Lipinski definition) is 7. The molecular formula is C25H31ClF3N5O4. The molecule has 3 heterocycles. The van der Waals surface area contributed by atoms with Crippen molar-refractivity contribution in [3.8, 4) is 0 Å². The Kier molecular flexibility index (Phi) is 10.7. The first-order chi connectivity index (χ1) is 18.0. The van der Waals surface area contributed by atoms with Crippen LogP contribution in [0.25, 0.3) is 0 Å². The lowest BCUT2D eigenvalue weighted by Crippen LogP contribution is -2.58. The molecule has 2 aliphatic rings. The first-order valence-electron chi connectivity index (χ1n) is 12.2. The van der Waals surface area contributed by atoms with Gasteiger partial charge in [0.15, 0.2) is 0 Å². The molecule has 4 rings (SSSR count). The Morgan fingerprint density at radius 3 is 2.32 bits per heavy atom. The summed E-state index contributed by atoms with van der Waals surface area (Å²) in [5, 5.41) is 10.8. The van der Waals surface area contributed by atoms with Gasteiger partial charge in [-0.2, -0.15) is 13.2 Å². The molecule has 2 atom stereocenters. The van der Waals surface area contributed by atoms with E-state index in [0.717, 1.165) is 49.9 Å². The van der Waals surface area contributed by atoms with Crippen molar-refractivity contribution >= 4 is 29.4 Å². The van der Waals surface area contributed by atoms with Crippen molar-refractivity contribution in [2.75, 3.05) is 37.7 Å². The maximum absolute atomic E-state index is 11.4. The molecular weight excluding hydrogens is 527 g/mol. The van der Waals surface area contributed by atoms with E-state index in [1.807, 2.05) is 18.2 Å². The van der Waals surface area contributed by atoms with Crippen molar-refractivity contribution in [3.05, 3.63) is 53.3 Å². The van der Waals surface area contributed by atoms with Crippen LogP contribution in [0.4, 0.5) is 19.1 Å². The van der Waals surface area contributed by atoms with Crippen LogP contribution in [-0.4, -0.2) is 89.0 Å². The number of aromatic nitrogens is 2. The first kappa shape index (κ1) is 29.6. The predicted molar refractivity (Wildman–Crippen MR) is 135 cm³/mol. The Hall–Kier alpha value is -2.96. The molecule has 1 aromatic carbocycles. The van der Waals surface area contributed by atoms with Gasteiger partial charge < -0.3 is 20.1 Å².